The number of rotatable bonds is 6. The Hall–Kier alpha value is -1.28. The number of hydrogen-bond acceptors (Lipinski definition) is 6. The molecule has 5 atom stereocenters. The number of hydrogen-bond donors (Lipinski definition) is 0. The molecule has 3 saturated heterocycles. The van der Waals surface area contributed by atoms with E-state index >= 15 is 0 Å². The Bertz CT molecular complexity index is 722. The van der Waals surface area contributed by atoms with Crippen LogP contribution in [0.5, 0.6) is 0 Å². The highest BCUT2D eigenvalue weighted by Gasteiger charge is 2.72. The average molecular weight is 432 g/mol. The number of nitrogens with zero attached hydrogens (tertiary/aromatic N) is 3. The van der Waals surface area contributed by atoms with Crippen molar-refractivity contribution in [3.63, 3.8) is 0 Å². The first kappa shape index (κ1) is 21.6. The van der Waals surface area contributed by atoms with Crippen molar-refractivity contribution in [2.75, 3.05) is 39.4 Å². The minimum Gasteiger partial charge on any atom is -0.347 e. The molecule has 1 aliphatic carbocycles. The molecule has 1 unspecified atom stereocenters. The van der Waals surface area contributed by atoms with Crippen LogP contribution in [-0.2, 0) is 9.47 Å². The van der Waals surface area contributed by atoms with Crippen LogP contribution in [0.2, 0.25) is 0 Å². The number of fused-ring (bicyclic) bond motifs is 3. The van der Waals surface area contributed by atoms with E-state index in [2.05, 4.69) is 28.5 Å². The van der Waals surface area contributed by atoms with Gasteiger partial charge < -0.3 is 14.4 Å². The van der Waals surface area contributed by atoms with Crippen molar-refractivity contribution in [2.45, 2.75) is 75.3 Å². The normalized spacial score (nSPS) is 39.6. The van der Waals surface area contributed by atoms with Crippen LogP contribution in [0.1, 0.15) is 51.4 Å². The maximum absolute atomic E-state index is 12.4. The van der Waals surface area contributed by atoms with E-state index in [9.17, 15) is 10.1 Å². The molecular weight excluding hydrogens is 394 g/mol. The summed E-state index contributed by atoms with van der Waals surface area (Å²) in [7, 11) is 0. The van der Waals surface area contributed by atoms with Crippen molar-refractivity contribution in [2.24, 2.45) is 11.3 Å². The van der Waals surface area contributed by atoms with Gasteiger partial charge in [0.1, 0.15) is 0 Å². The molecule has 0 amide bonds. The number of unbranched alkanes of at least 4 members (excludes halogenated alkanes) is 2. The minimum atomic E-state index is -0.766. The summed E-state index contributed by atoms with van der Waals surface area (Å²) in [6.45, 7) is 8.93. The van der Waals surface area contributed by atoms with Crippen LogP contribution in [0.25, 0.3) is 0 Å². The van der Waals surface area contributed by atoms with Crippen molar-refractivity contribution >= 4 is 0 Å². The molecule has 4 aliphatic heterocycles. The Morgan fingerprint density at radius 3 is 2.84 bits per heavy atom. The third-order valence-electron chi connectivity index (χ3n) is 8.62. The predicted molar refractivity (Wildman–Crippen MR) is 118 cm³/mol. The first-order valence-electron chi connectivity index (χ1n) is 12.3. The molecule has 4 fully saturated rings. The highest BCUT2D eigenvalue weighted by molar-refractivity contribution is 5.21. The topological polar surface area (TPSA) is 68.1 Å². The maximum Gasteiger partial charge on any atom is 0.234 e. The molecule has 5 aliphatic rings. The lowest BCUT2D eigenvalue weighted by atomic mass is 9.56. The van der Waals surface area contributed by atoms with Crippen LogP contribution in [0.15, 0.2) is 24.8 Å². The fraction of sp³-hybridized carbons (Fsp3) is 0.833. The largest absolute Gasteiger partial charge is 0.347 e. The Balaban J connectivity index is 1.50. The van der Waals surface area contributed by atoms with Gasteiger partial charge in [-0.1, -0.05) is 18.2 Å². The van der Waals surface area contributed by atoms with Crippen molar-refractivity contribution in [1.82, 2.24) is 9.80 Å². The van der Waals surface area contributed by atoms with Crippen molar-refractivity contribution in [3.05, 3.63) is 34.9 Å². The zero-order valence-corrected chi connectivity index (χ0v) is 18.6. The van der Waals surface area contributed by atoms with Crippen molar-refractivity contribution in [3.8, 4) is 0 Å². The molecule has 7 nitrogen and oxygen atoms in total. The zero-order valence-electron chi connectivity index (χ0n) is 18.6. The highest BCUT2D eigenvalue weighted by atomic mass is 16.7. The fourth-order valence-electron chi connectivity index (χ4n) is 7.61. The second-order valence-electron chi connectivity index (χ2n) is 10.2. The highest BCUT2D eigenvalue weighted by Crippen LogP contribution is 2.61. The van der Waals surface area contributed by atoms with Gasteiger partial charge in [0.05, 0.1) is 25.7 Å². The average Bonchev–Trinajstić information content (AvgIpc) is 3.26. The molecule has 31 heavy (non-hydrogen) atoms. The lowest BCUT2D eigenvalue weighted by Crippen LogP contribution is -2.70. The SMILES string of the molecule is C=CCCCCN1CC[C@H]2C3(CC([N+](=O)[O-])[C@@H]4N5CCCC=C[C@H]5C[C@@]42C1)OCCO3. The van der Waals surface area contributed by atoms with Gasteiger partial charge in [0.25, 0.3) is 0 Å². The lowest BCUT2D eigenvalue weighted by Gasteiger charge is -2.58. The molecule has 0 aromatic rings. The quantitative estimate of drug-likeness (QED) is 0.278. The van der Waals surface area contributed by atoms with Gasteiger partial charge in [-0.15, -0.1) is 6.58 Å². The van der Waals surface area contributed by atoms with E-state index in [-0.39, 0.29) is 22.3 Å². The summed E-state index contributed by atoms with van der Waals surface area (Å²) in [5, 5.41) is 12.4. The van der Waals surface area contributed by atoms with Gasteiger partial charge in [-0.3, -0.25) is 15.0 Å². The van der Waals surface area contributed by atoms with Gasteiger partial charge >= 0.3 is 0 Å². The van der Waals surface area contributed by atoms with E-state index in [1.54, 1.807) is 0 Å². The second kappa shape index (κ2) is 8.58. The van der Waals surface area contributed by atoms with E-state index in [4.69, 9.17) is 9.47 Å². The summed E-state index contributed by atoms with van der Waals surface area (Å²) in [5.74, 6) is -0.536. The Morgan fingerprint density at radius 2 is 2.06 bits per heavy atom. The fourth-order valence-corrected chi connectivity index (χ4v) is 7.61. The second-order valence-corrected chi connectivity index (χ2v) is 10.2. The Labute approximate surface area is 185 Å². The molecule has 0 N–H and O–H groups in total. The van der Waals surface area contributed by atoms with Gasteiger partial charge in [0, 0.05) is 28.8 Å². The number of allylic oxidation sites excluding steroid dienone is 2. The summed E-state index contributed by atoms with van der Waals surface area (Å²) < 4.78 is 12.5. The van der Waals surface area contributed by atoms with Gasteiger partial charge in [0.2, 0.25) is 6.04 Å². The third kappa shape index (κ3) is 3.58. The van der Waals surface area contributed by atoms with Crippen LogP contribution in [0.3, 0.4) is 0 Å². The van der Waals surface area contributed by atoms with E-state index in [1.807, 2.05) is 6.08 Å². The molecule has 7 heteroatoms. The smallest absolute Gasteiger partial charge is 0.234 e. The van der Waals surface area contributed by atoms with Crippen molar-refractivity contribution < 1.29 is 14.4 Å². The summed E-state index contributed by atoms with van der Waals surface area (Å²) in [6, 6.07) is -0.365. The van der Waals surface area contributed by atoms with Crippen LogP contribution in [0.4, 0.5) is 0 Å². The number of likely N-dealkylation sites (tertiary alicyclic amines) is 1. The molecular formula is C24H37N3O4. The van der Waals surface area contributed by atoms with Crippen LogP contribution < -0.4 is 0 Å². The van der Waals surface area contributed by atoms with Crippen LogP contribution in [-0.4, -0.2) is 78.0 Å². The molecule has 172 valence electrons. The summed E-state index contributed by atoms with van der Waals surface area (Å²) >= 11 is 0. The summed E-state index contributed by atoms with van der Waals surface area (Å²) in [6.07, 6.45) is 14.5. The molecule has 2 spiro atoms. The monoisotopic (exact) mass is 431 g/mol. The molecule has 0 aromatic carbocycles. The van der Waals surface area contributed by atoms with Crippen LogP contribution in [0, 0.1) is 21.4 Å². The first-order valence-corrected chi connectivity index (χ1v) is 12.3. The number of ether oxygens (including phenoxy) is 2. The third-order valence-corrected chi connectivity index (χ3v) is 8.62. The van der Waals surface area contributed by atoms with Gasteiger partial charge in [0.15, 0.2) is 5.79 Å². The molecule has 0 bridgehead atoms. The maximum atomic E-state index is 12.4. The zero-order chi connectivity index (χ0) is 21.5. The molecule has 0 radical (unpaired) electrons. The van der Waals surface area contributed by atoms with Gasteiger partial charge in [-0.2, -0.15) is 0 Å². The van der Waals surface area contributed by atoms with E-state index < -0.39 is 11.8 Å². The van der Waals surface area contributed by atoms with Gasteiger partial charge in [-0.05, 0) is 64.6 Å². The van der Waals surface area contributed by atoms with E-state index in [0.717, 1.165) is 71.1 Å². The Morgan fingerprint density at radius 1 is 1.23 bits per heavy atom. The molecule has 1 saturated carbocycles. The summed E-state index contributed by atoms with van der Waals surface area (Å²) in [5.41, 5.74) is -0.149. The van der Waals surface area contributed by atoms with Gasteiger partial charge in [-0.25, -0.2) is 0 Å². The summed E-state index contributed by atoms with van der Waals surface area (Å²) in [4.78, 5) is 17.5. The first-order chi connectivity index (χ1) is 15.1. The van der Waals surface area contributed by atoms with Crippen molar-refractivity contribution in [1.29, 1.82) is 0 Å². The number of piperidine rings is 1. The lowest BCUT2D eigenvalue weighted by molar-refractivity contribution is -0.550. The molecule has 0 aromatic heterocycles. The Kier molecular flexibility index (Phi) is 5.97. The number of nitro groups is 1. The predicted octanol–water partition coefficient (Wildman–Crippen LogP) is 3.24. The minimum absolute atomic E-state index is 0.0184. The molecule has 4 heterocycles. The standard InChI is InChI=1S/C24H37N3O4/c1-2-3-4-7-11-25-13-10-21-23(18-25)16-19-9-6-5-8-12-26(19)22(23)20(27(28)29)17-24(21)30-14-15-31-24/h2,6,9,19-22H,1,3-5,7-8,10-18H2/t19-,20?,21+,22-,23-/m0/s1. The molecule has 5 rings (SSSR count). The van der Waals surface area contributed by atoms with Crippen LogP contribution >= 0.6 is 0 Å². The van der Waals surface area contributed by atoms with E-state index in [1.165, 1.54) is 0 Å². The van der Waals surface area contributed by atoms with E-state index in [0.29, 0.717) is 25.7 Å².